The summed E-state index contributed by atoms with van der Waals surface area (Å²) in [6.07, 6.45) is 0. The number of para-hydroxylation sites is 1. The van der Waals surface area contributed by atoms with Crippen molar-refractivity contribution in [2.75, 3.05) is 0 Å². The fourth-order valence-electron chi connectivity index (χ4n) is 2.50. The molecule has 0 aliphatic carbocycles. The molecular formula is C20H12N2O4. The summed E-state index contributed by atoms with van der Waals surface area (Å²) in [5.41, 5.74) is 2.08. The molecule has 4 aromatic rings. The molecule has 0 N–H and O–H groups in total. The SMILES string of the molecule is N#Cc1ccc(C(=O)OCc2cc(-c3cc4ccccc4o3)on2)cc1. The molecule has 126 valence electrons. The number of rotatable bonds is 4. The molecule has 0 aliphatic heterocycles. The smallest absolute Gasteiger partial charge is 0.338 e. The number of nitriles is 1. The Morgan fingerprint density at radius 2 is 1.88 bits per heavy atom. The third kappa shape index (κ3) is 3.06. The van der Waals surface area contributed by atoms with E-state index in [2.05, 4.69) is 5.16 Å². The van der Waals surface area contributed by atoms with Gasteiger partial charge in [0.15, 0.2) is 5.76 Å². The van der Waals surface area contributed by atoms with Gasteiger partial charge in [-0.05, 0) is 36.4 Å². The van der Waals surface area contributed by atoms with E-state index in [9.17, 15) is 4.79 Å². The van der Waals surface area contributed by atoms with Gasteiger partial charge < -0.3 is 13.7 Å². The van der Waals surface area contributed by atoms with Gasteiger partial charge >= 0.3 is 5.97 Å². The average molecular weight is 344 g/mol. The molecular weight excluding hydrogens is 332 g/mol. The minimum absolute atomic E-state index is 0.0252. The second-order valence-electron chi connectivity index (χ2n) is 5.60. The lowest BCUT2D eigenvalue weighted by Crippen LogP contribution is -2.05. The Balaban J connectivity index is 1.44. The van der Waals surface area contributed by atoms with Crippen LogP contribution < -0.4 is 0 Å². The Morgan fingerprint density at radius 1 is 1.08 bits per heavy atom. The van der Waals surface area contributed by atoms with Gasteiger partial charge in [-0.3, -0.25) is 0 Å². The normalized spacial score (nSPS) is 10.6. The number of nitrogens with zero attached hydrogens (tertiary/aromatic N) is 2. The van der Waals surface area contributed by atoms with Gasteiger partial charge in [-0.15, -0.1) is 0 Å². The lowest BCUT2D eigenvalue weighted by atomic mass is 10.1. The first kappa shape index (κ1) is 15.7. The van der Waals surface area contributed by atoms with E-state index in [4.69, 9.17) is 18.9 Å². The Hall–Kier alpha value is -3.85. The highest BCUT2D eigenvalue weighted by Crippen LogP contribution is 2.28. The number of esters is 1. The predicted octanol–water partition coefficient (Wildman–Crippen LogP) is 4.32. The van der Waals surface area contributed by atoms with Crippen molar-refractivity contribution < 1.29 is 18.5 Å². The van der Waals surface area contributed by atoms with E-state index in [0.29, 0.717) is 28.3 Å². The minimum atomic E-state index is -0.497. The average Bonchev–Trinajstić information content (AvgIpc) is 3.32. The first-order chi connectivity index (χ1) is 12.7. The van der Waals surface area contributed by atoms with Crippen LogP contribution in [0.1, 0.15) is 21.6 Å². The Morgan fingerprint density at radius 3 is 2.65 bits per heavy atom. The van der Waals surface area contributed by atoms with Gasteiger partial charge in [0.1, 0.15) is 17.9 Å². The van der Waals surface area contributed by atoms with Crippen LogP contribution >= 0.6 is 0 Å². The van der Waals surface area contributed by atoms with E-state index in [0.717, 1.165) is 11.0 Å². The number of carbonyl (C=O) groups excluding carboxylic acids is 1. The van der Waals surface area contributed by atoms with Crippen molar-refractivity contribution in [2.45, 2.75) is 6.61 Å². The fourth-order valence-corrected chi connectivity index (χ4v) is 2.50. The number of hydrogen-bond donors (Lipinski definition) is 0. The molecule has 0 saturated heterocycles. The van der Waals surface area contributed by atoms with Gasteiger partial charge in [0.25, 0.3) is 0 Å². The van der Waals surface area contributed by atoms with Crippen molar-refractivity contribution in [3.63, 3.8) is 0 Å². The largest absolute Gasteiger partial charge is 0.455 e. The zero-order valence-corrected chi connectivity index (χ0v) is 13.5. The third-order valence-electron chi connectivity index (χ3n) is 3.83. The van der Waals surface area contributed by atoms with E-state index in [1.165, 1.54) is 0 Å². The molecule has 0 spiro atoms. The summed E-state index contributed by atoms with van der Waals surface area (Å²) in [5, 5.41) is 13.6. The lowest BCUT2D eigenvalue weighted by Gasteiger charge is -2.02. The highest BCUT2D eigenvalue weighted by atomic mass is 16.5. The van der Waals surface area contributed by atoms with Gasteiger partial charge in [-0.1, -0.05) is 23.4 Å². The zero-order valence-electron chi connectivity index (χ0n) is 13.5. The van der Waals surface area contributed by atoms with Crippen LogP contribution in [0.15, 0.2) is 69.6 Å². The van der Waals surface area contributed by atoms with Crippen molar-refractivity contribution >= 4 is 16.9 Å². The molecule has 6 nitrogen and oxygen atoms in total. The van der Waals surface area contributed by atoms with Gasteiger partial charge in [0, 0.05) is 11.5 Å². The number of carbonyl (C=O) groups is 1. The monoisotopic (exact) mass is 344 g/mol. The van der Waals surface area contributed by atoms with Crippen LogP contribution in [0.25, 0.3) is 22.5 Å². The van der Waals surface area contributed by atoms with Gasteiger partial charge in [0.05, 0.1) is 17.2 Å². The maximum absolute atomic E-state index is 12.0. The van der Waals surface area contributed by atoms with Crippen LogP contribution in [0.3, 0.4) is 0 Å². The Kier molecular flexibility index (Phi) is 3.96. The van der Waals surface area contributed by atoms with E-state index < -0.39 is 5.97 Å². The summed E-state index contributed by atoms with van der Waals surface area (Å²) in [4.78, 5) is 12.0. The number of hydrogen-bond acceptors (Lipinski definition) is 6. The molecule has 0 amide bonds. The van der Waals surface area contributed by atoms with E-state index in [1.807, 2.05) is 36.4 Å². The first-order valence-electron chi connectivity index (χ1n) is 7.85. The lowest BCUT2D eigenvalue weighted by molar-refractivity contribution is 0.0464. The molecule has 0 unspecified atom stereocenters. The quantitative estimate of drug-likeness (QED) is 0.512. The van der Waals surface area contributed by atoms with Gasteiger partial charge in [-0.25, -0.2) is 4.79 Å². The van der Waals surface area contributed by atoms with E-state index in [1.54, 1.807) is 30.3 Å². The van der Waals surface area contributed by atoms with Crippen molar-refractivity contribution in [3.05, 3.63) is 77.5 Å². The van der Waals surface area contributed by atoms with Crippen LogP contribution in [0.2, 0.25) is 0 Å². The number of ether oxygens (including phenoxy) is 1. The number of fused-ring (bicyclic) bond motifs is 1. The van der Waals surface area contributed by atoms with Crippen molar-refractivity contribution in [1.82, 2.24) is 5.16 Å². The molecule has 0 bridgehead atoms. The highest BCUT2D eigenvalue weighted by Gasteiger charge is 2.14. The second-order valence-corrected chi connectivity index (χ2v) is 5.60. The van der Waals surface area contributed by atoms with Crippen LogP contribution in [0, 0.1) is 11.3 Å². The second kappa shape index (κ2) is 6.57. The number of furan rings is 1. The van der Waals surface area contributed by atoms with Crippen molar-refractivity contribution in [3.8, 4) is 17.6 Å². The van der Waals surface area contributed by atoms with Crippen molar-refractivity contribution in [2.24, 2.45) is 0 Å². The molecule has 0 fully saturated rings. The van der Waals surface area contributed by atoms with E-state index >= 15 is 0 Å². The van der Waals surface area contributed by atoms with E-state index in [-0.39, 0.29) is 6.61 Å². The number of benzene rings is 2. The standard InChI is InChI=1S/C20H12N2O4/c21-11-13-5-7-14(8-6-13)20(23)24-12-16-10-19(26-22-16)18-9-15-3-1-2-4-17(15)25-18/h1-10H,12H2. The molecule has 0 atom stereocenters. The zero-order chi connectivity index (χ0) is 17.9. The minimum Gasteiger partial charge on any atom is -0.455 e. The summed E-state index contributed by atoms with van der Waals surface area (Å²) in [6.45, 7) is -0.0252. The molecule has 2 aromatic heterocycles. The summed E-state index contributed by atoms with van der Waals surface area (Å²) < 4.78 is 16.2. The summed E-state index contributed by atoms with van der Waals surface area (Å²) in [6, 6.07) is 19.4. The maximum Gasteiger partial charge on any atom is 0.338 e. The summed E-state index contributed by atoms with van der Waals surface area (Å²) in [7, 11) is 0. The maximum atomic E-state index is 12.0. The predicted molar refractivity (Wildman–Crippen MR) is 92.0 cm³/mol. The summed E-state index contributed by atoms with van der Waals surface area (Å²) in [5.74, 6) is 0.525. The van der Waals surface area contributed by atoms with Crippen LogP contribution in [-0.4, -0.2) is 11.1 Å². The Bertz CT molecular complexity index is 1080. The molecule has 2 heterocycles. The molecule has 2 aromatic carbocycles. The molecule has 0 aliphatic rings. The molecule has 0 saturated carbocycles. The third-order valence-corrected chi connectivity index (χ3v) is 3.83. The van der Waals surface area contributed by atoms with Crippen LogP contribution in [0.4, 0.5) is 0 Å². The fraction of sp³-hybridized carbons (Fsp3) is 0.0500. The number of aromatic nitrogens is 1. The highest BCUT2D eigenvalue weighted by molar-refractivity contribution is 5.89. The van der Waals surface area contributed by atoms with Gasteiger partial charge in [0.2, 0.25) is 5.76 Å². The summed E-state index contributed by atoms with van der Waals surface area (Å²) >= 11 is 0. The molecule has 6 heteroatoms. The van der Waals surface area contributed by atoms with Crippen molar-refractivity contribution in [1.29, 1.82) is 5.26 Å². The molecule has 0 radical (unpaired) electrons. The Labute approximate surface area is 148 Å². The molecule has 26 heavy (non-hydrogen) atoms. The topological polar surface area (TPSA) is 89.3 Å². The van der Waals surface area contributed by atoms with Gasteiger partial charge in [-0.2, -0.15) is 5.26 Å². The first-order valence-corrected chi connectivity index (χ1v) is 7.85. The molecule has 4 rings (SSSR count). The van der Waals surface area contributed by atoms with Crippen LogP contribution in [-0.2, 0) is 11.3 Å². The van der Waals surface area contributed by atoms with Crippen LogP contribution in [0.5, 0.6) is 0 Å².